The summed E-state index contributed by atoms with van der Waals surface area (Å²) in [5, 5.41) is 14.8. The van der Waals surface area contributed by atoms with Crippen LogP contribution in [-0.4, -0.2) is 21.9 Å². The molecule has 0 saturated carbocycles. The Bertz CT molecular complexity index is 682. The largest absolute Gasteiger partial charge is 0.409 e. The SMILES string of the molecule is NC(=NO)c1ccc(C(=O)Nc2cc(Cl)cc(Cl)c2)nc1. The fourth-order valence-corrected chi connectivity index (χ4v) is 2.08. The Morgan fingerprint density at radius 1 is 1.24 bits per heavy atom. The topological polar surface area (TPSA) is 101 Å². The maximum atomic E-state index is 12.0. The molecular weight excluding hydrogens is 315 g/mol. The minimum absolute atomic E-state index is 0.0870. The van der Waals surface area contributed by atoms with Crippen LogP contribution in [0, 0.1) is 0 Å². The van der Waals surface area contributed by atoms with Crippen LogP contribution in [-0.2, 0) is 0 Å². The predicted molar refractivity (Wildman–Crippen MR) is 81.2 cm³/mol. The number of carbonyl (C=O) groups excluding carboxylic acids is 1. The summed E-state index contributed by atoms with van der Waals surface area (Å²) >= 11 is 11.7. The molecule has 2 aromatic rings. The van der Waals surface area contributed by atoms with E-state index < -0.39 is 5.91 Å². The Hall–Kier alpha value is -2.31. The number of hydrogen-bond donors (Lipinski definition) is 3. The number of oxime groups is 1. The Kier molecular flexibility index (Phi) is 4.62. The molecule has 0 aliphatic rings. The lowest BCUT2D eigenvalue weighted by Gasteiger charge is -2.06. The Balaban J connectivity index is 2.16. The second kappa shape index (κ2) is 6.43. The minimum atomic E-state index is -0.431. The van der Waals surface area contributed by atoms with Gasteiger partial charge in [-0.1, -0.05) is 28.4 Å². The van der Waals surface area contributed by atoms with Gasteiger partial charge in [0.2, 0.25) is 0 Å². The van der Waals surface area contributed by atoms with E-state index in [1.807, 2.05) is 0 Å². The number of anilines is 1. The van der Waals surface area contributed by atoms with Gasteiger partial charge in [-0.05, 0) is 30.3 Å². The lowest BCUT2D eigenvalue weighted by molar-refractivity contribution is 0.102. The van der Waals surface area contributed by atoms with Crippen LogP contribution >= 0.6 is 23.2 Å². The van der Waals surface area contributed by atoms with E-state index in [2.05, 4.69) is 15.5 Å². The van der Waals surface area contributed by atoms with Gasteiger partial charge in [0.05, 0.1) is 0 Å². The first-order chi connectivity index (χ1) is 9.99. The molecule has 1 heterocycles. The molecule has 0 bridgehead atoms. The molecule has 4 N–H and O–H groups in total. The van der Waals surface area contributed by atoms with Crippen LogP contribution in [0.15, 0.2) is 41.7 Å². The van der Waals surface area contributed by atoms with Crippen molar-refractivity contribution in [1.29, 1.82) is 0 Å². The lowest BCUT2D eigenvalue weighted by atomic mass is 10.2. The van der Waals surface area contributed by atoms with E-state index in [0.717, 1.165) is 0 Å². The first-order valence-electron chi connectivity index (χ1n) is 5.71. The molecule has 0 unspecified atom stereocenters. The van der Waals surface area contributed by atoms with Gasteiger partial charge in [0, 0.05) is 27.5 Å². The van der Waals surface area contributed by atoms with Crippen molar-refractivity contribution in [1.82, 2.24) is 4.98 Å². The standard InChI is InChI=1S/C13H10Cl2N4O2/c14-8-3-9(15)5-10(4-8)18-13(20)11-2-1-7(6-17-11)12(16)19-21/h1-6,21H,(H2,16,19)(H,18,20). The summed E-state index contributed by atoms with van der Waals surface area (Å²) in [6.07, 6.45) is 1.33. The summed E-state index contributed by atoms with van der Waals surface area (Å²) in [4.78, 5) is 16.0. The molecular formula is C13H10Cl2N4O2. The summed E-state index contributed by atoms with van der Waals surface area (Å²) in [5.41, 5.74) is 6.44. The maximum Gasteiger partial charge on any atom is 0.274 e. The molecule has 0 atom stereocenters. The van der Waals surface area contributed by atoms with Gasteiger partial charge in [-0.15, -0.1) is 0 Å². The highest BCUT2D eigenvalue weighted by molar-refractivity contribution is 6.35. The smallest absolute Gasteiger partial charge is 0.274 e. The van der Waals surface area contributed by atoms with E-state index in [-0.39, 0.29) is 11.5 Å². The predicted octanol–water partition coefficient (Wildman–Crippen LogP) is 2.74. The molecule has 0 fully saturated rings. The van der Waals surface area contributed by atoms with Gasteiger partial charge >= 0.3 is 0 Å². The third kappa shape index (κ3) is 3.84. The molecule has 1 amide bonds. The van der Waals surface area contributed by atoms with E-state index >= 15 is 0 Å². The van der Waals surface area contributed by atoms with E-state index in [4.69, 9.17) is 34.1 Å². The Morgan fingerprint density at radius 2 is 1.90 bits per heavy atom. The van der Waals surface area contributed by atoms with Gasteiger partial charge in [0.1, 0.15) is 5.69 Å². The number of aromatic nitrogens is 1. The number of pyridine rings is 1. The number of amides is 1. The zero-order valence-corrected chi connectivity index (χ0v) is 12.1. The average Bonchev–Trinajstić information content (AvgIpc) is 2.45. The molecule has 0 saturated heterocycles. The van der Waals surface area contributed by atoms with Crippen LogP contribution in [0.4, 0.5) is 5.69 Å². The maximum absolute atomic E-state index is 12.0. The molecule has 1 aromatic heterocycles. The summed E-state index contributed by atoms with van der Waals surface area (Å²) < 4.78 is 0. The highest BCUT2D eigenvalue weighted by atomic mass is 35.5. The van der Waals surface area contributed by atoms with Crippen molar-refractivity contribution < 1.29 is 10.0 Å². The number of hydrogen-bond acceptors (Lipinski definition) is 4. The van der Waals surface area contributed by atoms with Crippen LogP contribution in [0.2, 0.25) is 10.0 Å². The molecule has 0 radical (unpaired) electrons. The summed E-state index contributed by atoms with van der Waals surface area (Å²) in [6.45, 7) is 0. The molecule has 0 aliphatic carbocycles. The highest BCUT2D eigenvalue weighted by Crippen LogP contribution is 2.22. The molecule has 0 spiro atoms. The summed E-state index contributed by atoms with van der Waals surface area (Å²) in [6, 6.07) is 7.66. The second-order valence-corrected chi connectivity index (χ2v) is 4.90. The molecule has 6 nitrogen and oxygen atoms in total. The number of carbonyl (C=O) groups is 1. The molecule has 2 rings (SSSR count). The molecule has 8 heteroatoms. The van der Waals surface area contributed by atoms with Crippen molar-refractivity contribution in [2.24, 2.45) is 10.9 Å². The van der Waals surface area contributed by atoms with Gasteiger partial charge < -0.3 is 16.3 Å². The number of rotatable bonds is 3. The van der Waals surface area contributed by atoms with E-state index in [9.17, 15) is 4.79 Å². The van der Waals surface area contributed by atoms with E-state index in [1.165, 1.54) is 18.3 Å². The Morgan fingerprint density at radius 3 is 2.43 bits per heavy atom. The van der Waals surface area contributed by atoms with Gasteiger partial charge in [-0.25, -0.2) is 0 Å². The second-order valence-electron chi connectivity index (χ2n) is 4.03. The van der Waals surface area contributed by atoms with E-state index in [0.29, 0.717) is 21.3 Å². The van der Waals surface area contributed by atoms with Crippen LogP contribution < -0.4 is 11.1 Å². The van der Waals surface area contributed by atoms with Crippen molar-refractivity contribution in [3.63, 3.8) is 0 Å². The molecule has 108 valence electrons. The third-order valence-corrected chi connectivity index (χ3v) is 2.96. The summed E-state index contributed by atoms with van der Waals surface area (Å²) in [7, 11) is 0. The fourth-order valence-electron chi connectivity index (χ4n) is 1.56. The van der Waals surface area contributed by atoms with Gasteiger partial charge in [0.25, 0.3) is 5.91 Å². The fraction of sp³-hybridized carbons (Fsp3) is 0. The number of nitrogens with zero attached hydrogens (tertiary/aromatic N) is 2. The zero-order valence-electron chi connectivity index (χ0n) is 10.5. The van der Waals surface area contributed by atoms with Crippen LogP contribution in [0.5, 0.6) is 0 Å². The van der Waals surface area contributed by atoms with Crippen LogP contribution in [0.3, 0.4) is 0 Å². The number of halogens is 2. The van der Waals surface area contributed by atoms with Gasteiger partial charge in [-0.2, -0.15) is 0 Å². The lowest BCUT2D eigenvalue weighted by Crippen LogP contribution is -2.16. The van der Waals surface area contributed by atoms with Crippen LogP contribution in [0.1, 0.15) is 16.1 Å². The van der Waals surface area contributed by atoms with E-state index in [1.54, 1.807) is 18.2 Å². The van der Waals surface area contributed by atoms with Crippen molar-refractivity contribution in [2.45, 2.75) is 0 Å². The first-order valence-corrected chi connectivity index (χ1v) is 6.46. The number of benzene rings is 1. The van der Waals surface area contributed by atoms with Crippen LogP contribution in [0.25, 0.3) is 0 Å². The van der Waals surface area contributed by atoms with Gasteiger partial charge in [0.15, 0.2) is 5.84 Å². The normalized spacial score (nSPS) is 11.2. The third-order valence-electron chi connectivity index (χ3n) is 2.52. The number of nitrogens with one attached hydrogen (secondary N) is 1. The summed E-state index contributed by atoms with van der Waals surface area (Å²) in [5.74, 6) is -0.518. The average molecular weight is 325 g/mol. The first kappa shape index (κ1) is 15.1. The highest BCUT2D eigenvalue weighted by Gasteiger charge is 2.09. The van der Waals surface area contributed by atoms with Crippen molar-refractivity contribution in [2.75, 3.05) is 5.32 Å². The molecule has 1 aromatic carbocycles. The van der Waals surface area contributed by atoms with Crippen molar-refractivity contribution in [3.05, 3.63) is 57.8 Å². The quantitative estimate of drug-likeness (QED) is 0.349. The Labute approximate surface area is 130 Å². The number of amidine groups is 1. The van der Waals surface area contributed by atoms with Gasteiger partial charge in [-0.3, -0.25) is 9.78 Å². The molecule has 0 aliphatic heterocycles. The minimum Gasteiger partial charge on any atom is -0.409 e. The zero-order chi connectivity index (χ0) is 15.4. The molecule has 21 heavy (non-hydrogen) atoms. The van der Waals surface area contributed by atoms with Crippen molar-refractivity contribution >= 4 is 40.6 Å². The monoisotopic (exact) mass is 324 g/mol. The van der Waals surface area contributed by atoms with Crippen molar-refractivity contribution in [3.8, 4) is 0 Å². The number of nitrogens with two attached hydrogens (primary N) is 1.